The molecule has 0 aromatic rings. The Morgan fingerprint density at radius 2 is 1.83 bits per heavy atom. The topological polar surface area (TPSA) is 59.6 Å². The molecule has 1 unspecified atom stereocenters. The summed E-state index contributed by atoms with van der Waals surface area (Å²) in [5, 5.41) is 6.58. The van der Waals surface area contributed by atoms with E-state index in [0.29, 0.717) is 18.5 Å². The average Bonchev–Trinajstić information content (AvgIpc) is 2.84. The standard InChI is InChI=1S/C13H22N2O3/c16-12-2-1-11(9-14-12)15-10-3-5-13(6-4-10)17-7-8-18-13/h10-11,15H,1-9H2,(H,14,16). The van der Waals surface area contributed by atoms with Crippen LogP contribution in [0.4, 0.5) is 0 Å². The van der Waals surface area contributed by atoms with Gasteiger partial charge in [0.2, 0.25) is 5.91 Å². The van der Waals surface area contributed by atoms with Gasteiger partial charge in [-0.15, -0.1) is 0 Å². The van der Waals surface area contributed by atoms with Gasteiger partial charge in [0, 0.05) is 37.9 Å². The quantitative estimate of drug-likeness (QED) is 0.755. The average molecular weight is 254 g/mol. The molecule has 3 rings (SSSR count). The highest BCUT2D eigenvalue weighted by Crippen LogP contribution is 2.35. The summed E-state index contributed by atoms with van der Waals surface area (Å²) in [6.07, 6.45) is 5.80. The lowest BCUT2D eigenvalue weighted by Gasteiger charge is -2.37. The Morgan fingerprint density at radius 1 is 1.11 bits per heavy atom. The van der Waals surface area contributed by atoms with Crippen LogP contribution in [0.1, 0.15) is 38.5 Å². The molecule has 2 N–H and O–H groups in total. The third-order valence-corrected chi connectivity index (χ3v) is 4.30. The minimum absolute atomic E-state index is 0.184. The molecule has 0 aromatic heterocycles. The molecule has 1 saturated carbocycles. The maximum atomic E-state index is 11.1. The number of piperidine rings is 1. The molecular weight excluding hydrogens is 232 g/mol. The summed E-state index contributed by atoms with van der Waals surface area (Å²) in [4.78, 5) is 11.1. The molecule has 0 bridgehead atoms. The molecule has 2 heterocycles. The van der Waals surface area contributed by atoms with Crippen molar-refractivity contribution in [1.29, 1.82) is 0 Å². The van der Waals surface area contributed by atoms with E-state index in [0.717, 1.165) is 51.9 Å². The van der Waals surface area contributed by atoms with Gasteiger partial charge < -0.3 is 20.1 Å². The second-order valence-corrected chi connectivity index (χ2v) is 5.59. The first-order valence-corrected chi connectivity index (χ1v) is 7.06. The molecule has 0 radical (unpaired) electrons. The highest BCUT2D eigenvalue weighted by molar-refractivity contribution is 5.76. The second kappa shape index (κ2) is 5.15. The molecule has 102 valence electrons. The summed E-state index contributed by atoms with van der Waals surface area (Å²) in [6.45, 7) is 2.26. The van der Waals surface area contributed by atoms with E-state index in [1.807, 2.05) is 0 Å². The Hall–Kier alpha value is -0.650. The van der Waals surface area contributed by atoms with E-state index in [9.17, 15) is 4.79 Å². The molecule has 3 fully saturated rings. The summed E-state index contributed by atoms with van der Waals surface area (Å²) < 4.78 is 11.5. The number of hydrogen-bond acceptors (Lipinski definition) is 4. The van der Waals surface area contributed by atoms with E-state index in [4.69, 9.17) is 9.47 Å². The lowest BCUT2D eigenvalue weighted by Crippen LogP contribution is -2.51. The highest BCUT2D eigenvalue weighted by Gasteiger charge is 2.40. The van der Waals surface area contributed by atoms with Crippen molar-refractivity contribution in [3.8, 4) is 0 Å². The molecule has 5 heteroatoms. The van der Waals surface area contributed by atoms with Crippen LogP contribution in [-0.4, -0.2) is 43.5 Å². The molecule has 3 aliphatic rings. The van der Waals surface area contributed by atoms with Gasteiger partial charge in [0.15, 0.2) is 5.79 Å². The largest absolute Gasteiger partial charge is 0.355 e. The highest BCUT2D eigenvalue weighted by atomic mass is 16.7. The van der Waals surface area contributed by atoms with E-state index in [1.165, 1.54) is 0 Å². The van der Waals surface area contributed by atoms with Gasteiger partial charge in [0.1, 0.15) is 0 Å². The first-order chi connectivity index (χ1) is 8.76. The third kappa shape index (κ3) is 2.68. The van der Waals surface area contributed by atoms with E-state index in [2.05, 4.69) is 10.6 Å². The molecule has 2 aliphatic heterocycles. The molecule has 1 spiro atoms. The number of ether oxygens (including phenoxy) is 2. The SMILES string of the molecule is O=C1CCC(NC2CCC3(CC2)OCCO3)CN1. The van der Waals surface area contributed by atoms with E-state index >= 15 is 0 Å². The minimum atomic E-state index is -0.265. The second-order valence-electron chi connectivity index (χ2n) is 5.59. The van der Waals surface area contributed by atoms with Gasteiger partial charge >= 0.3 is 0 Å². The van der Waals surface area contributed by atoms with Gasteiger partial charge in [-0.1, -0.05) is 0 Å². The molecule has 1 aliphatic carbocycles. The van der Waals surface area contributed by atoms with E-state index < -0.39 is 0 Å². The predicted molar refractivity (Wildman–Crippen MR) is 66.1 cm³/mol. The molecule has 1 amide bonds. The van der Waals surface area contributed by atoms with Crippen molar-refractivity contribution in [2.24, 2.45) is 0 Å². The van der Waals surface area contributed by atoms with Gasteiger partial charge in [0.25, 0.3) is 0 Å². The Kier molecular flexibility index (Phi) is 3.54. The van der Waals surface area contributed by atoms with Crippen LogP contribution in [0.2, 0.25) is 0 Å². The lowest BCUT2D eigenvalue weighted by molar-refractivity contribution is -0.179. The monoisotopic (exact) mass is 254 g/mol. The normalized spacial score (nSPS) is 32.7. The summed E-state index contributed by atoms with van der Waals surface area (Å²) in [7, 11) is 0. The zero-order chi connectivity index (χ0) is 12.4. The van der Waals surface area contributed by atoms with E-state index in [1.54, 1.807) is 0 Å². The molecule has 2 saturated heterocycles. The fraction of sp³-hybridized carbons (Fsp3) is 0.923. The van der Waals surface area contributed by atoms with E-state index in [-0.39, 0.29) is 11.7 Å². The van der Waals surface area contributed by atoms with Gasteiger partial charge in [-0.25, -0.2) is 0 Å². The van der Waals surface area contributed by atoms with Gasteiger partial charge in [-0.2, -0.15) is 0 Å². The van der Waals surface area contributed by atoms with Crippen LogP contribution in [0, 0.1) is 0 Å². The van der Waals surface area contributed by atoms with Crippen molar-refractivity contribution in [1.82, 2.24) is 10.6 Å². The fourth-order valence-electron chi connectivity index (χ4n) is 3.22. The van der Waals surface area contributed by atoms with Gasteiger partial charge in [-0.05, 0) is 19.3 Å². The Labute approximate surface area is 108 Å². The van der Waals surface area contributed by atoms with Crippen LogP contribution in [0.15, 0.2) is 0 Å². The molecule has 1 atom stereocenters. The maximum absolute atomic E-state index is 11.1. The minimum Gasteiger partial charge on any atom is -0.355 e. The molecular formula is C13H22N2O3. The summed E-state index contributed by atoms with van der Waals surface area (Å²) >= 11 is 0. The first-order valence-electron chi connectivity index (χ1n) is 7.06. The molecule has 0 aromatic carbocycles. The third-order valence-electron chi connectivity index (χ3n) is 4.30. The van der Waals surface area contributed by atoms with Crippen molar-refractivity contribution >= 4 is 5.91 Å². The number of carbonyl (C=O) groups is 1. The molecule has 18 heavy (non-hydrogen) atoms. The zero-order valence-electron chi connectivity index (χ0n) is 10.7. The molecule has 5 nitrogen and oxygen atoms in total. The van der Waals surface area contributed by atoms with Crippen LogP contribution in [0.25, 0.3) is 0 Å². The number of nitrogens with one attached hydrogen (secondary N) is 2. The van der Waals surface area contributed by atoms with Crippen LogP contribution in [0.5, 0.6) is 0 Å². The van der Waals surface area contributed by atoms with Gasteiger partial charge in [-0.3, -0.25) is 4.79 Å². The summed E-state index contributed by atoms with van der Waals surface area (Å²) in [6, 6.07) is 0.982. The number of rotatable bonds is 2. The predicted octanol–water partition coefficient (Wildman–Crippen LogP) is 0.540. The van der Waals surface area contributed by atoms with Gasteiger partial charge in [0.05, 0.1) is 13.2 Å². The van der Waals surface area contributed by atoms with Crippen LogP contribution in [-0.2, 0) is 14.3 Å². The lowest BCUT2D eigenvalue weighted by atomic mass is 9.89. The van der Waals surface area contributed by atoms with Crippen molar-refractivity contribution in [3.05, 3.63) is 0 Å². The van der Waals surface area contributed by atoms with Crippen LogP contribution in [0.3, 0.4) is 0 Å². The van der Waals surface area contributed by atoms with Crippen molar-refractivity contribution in [3.63, 3.8) is 0 Å². The Balaban J connectivity index is 1.44. The van der Waals surface area contributed by atoms with Crippen molar-refractivity contribution < 1.29 is 14.3 Å². The fourth-order valence-corrected chi connectivity index (χ4v) is 3.22. The number of amides is 1. The summed E-state index contributed by atoms with van der Waals surface area (Å²) in [5.41, 5.74) is 0. The van der Waals surface area contributed by atoms with Crippen molar-refractivity contribution in [2.75, 3.05) is 19.8 Å². The first kappa shape index (κ1) is 12.4. The van der Waals surface area contributed by atoms with Crippen molar-refractivity contribution in [2.45, 2.75) is 56.4 Å². The Morgan fingerprint density at radius 3 is 2.44 bits per heavy atom. The maximum Gasteiger partial charge on any atom is 0.220 e. The van der Waals surface area contributed by atoms with Crippen LogP contribution >= 0.6 is 0 Å². The van der Waals surface area contributed by atoms with Crippen LogP contribution < -0.4 is 10.6 Å². The smallest absolute Gasteiger partial charge is 0.220 e. The number of hydrogen-bond donors (Lipinski definition) is 2. The zero-order valence-corrected chi connectivity index (χ0v) is 10.7. The number of carbonyl (C=O) groups excluding carboxylic acids is 1. The summed E-state index contributed by atoms with van der Waals surface area (Å²) in [5.74, 6) is -0.0812. The Bertz CT molecular complexity index is 295.